The van der Waals surface area contributed by atoms with Gasteiger partial charge in [0.25, 0.3) is 5.91 Å². The Balaban J connectivity index is 1.69. The van der Waals surface area contributed by atoms with Gasteiger partial charge in [0, 0.05) is 11.6 Å². The fourth-order valence-corrected chi connectivity index (χ4v) is 3.58. The molecule has 2 aromatic carbocycles. The number of benzene rings is 2. The predicted molar refractivity (Wildman–Crippen MR) is 103 cm³/mol. The molecule has 1 amide bonds. The zero-order valence-electron chi connectivity index (χ0n) is 15.1. The van der Waals surface area contributed by atoms with Crippen molar-refractivity contribution in [2.45, 2.75) is 38.1 Å². The number of aromatic nitrogens is 2. The second-order valence-electron chi connectivity index (χ2n) is 6.98. The van der Waals surface area contributed by atoms with Crippen molar-refractivity contribution in [3.63, 3.8) is 0 Å². The van der Waals surface area contributed by atoms with E-state index in [1.165, 1.54) is 18.6 Å². The van der Waals surface area contributed by atoms with Gasteiger partial charge in [-0.3, -0.25) is 4.79 Å². The number of carbonyl (C=O) groups is 1. The van der Waals surface area contributed by atoms with Crippen LogP contribution in [0.3, 0.4) is 0 Å². The fourth-order valence-electron chi connectivity index (χ4n) is 3.58. The van der Waals surface area contributed by atoms with Crippen molar-refractivity contribution in [2.75, 3.05) is 0 Å². The lowest BCUT2D eigenvalue weighted by atomic mass is 9.95. The van der Waals surface area contributed by atoms with Crippen molar-refractivity contribution >= 4 is 5.91 Å². The van der Waals surface area contributed by atoms with Crippen LogP contribution in [0.25, 0.3) is 16.9 Å². The average Bonchev–Trinajstić information content (AvgIpc) is 3.16. The van der Waals surface area contributed by atoms with Crippen molar-refractivity contribution in [1.29, 1.82) is 0 Å². The third kappa shape index (κ3) is 3.92. The molecule has 0 atom stereocenters. The Hall–Kier alpha value is -2.95. The van der Waals surface area contributed by atoms with E-state index in [0.717, 1.165) is 36.9 Å². The van der Waals surface area contributed by atoms with Gasteiger partial charge < -0.3 is 5.32 Å². The SMILES string of the molecule is O=C(NC1CCCCC1)c1cc(-c2ccc(F)cc2)nn1-c1ccccc1. The minimum atomic E-state index is -0.295. The van der Waals surface area contributed by atoms with E-state index in [4.69, 9.17) is 0 Å². The molecule has 1 saturated carbocycles. The number of carbonyl (C=O) groups excluding carboxylic acids is 1. The van der Waals surface area contributed by atoms with Crippen molar-refractivity contribution < 1.29 is 9.18 Å². The van der Waals surface area contributed by atoms with Crippen LogP contribution in [0.5, 0.6) is 0 Å². The largest absolute Gasteiger partial charge is 0.348 e. The van der Waals surface area contributed by atoms with Gasteiger partial charge in [0.1, 0.15) is 11.5 Å². The molecule has 27 heavy (non-hydrogen) atoms. The maximum Gasteiger partial charge on any atom is 0.270 e. The summed E-state index contributed by atoms with van der Waals surface area (Å²) < 4.78 is 14.9. The number of nitrogens with zero attached hydrogens (tertiary/aromatic N) is 2. The summed E-state index contributed by atoms with van der Waals surface area (Å²) in [6.07, 6.45) is 5.60. The molecular formula is C22H22FN3O. The summed E-state index contributed by atoms with van der Waals surface area (Å²) in [5.74, 6) is -0.414. The Morgan fingerprint density at radius 3 is 2.41 bits per heavy atom. The van der Waals surface area contributed by atoms with Crippen LogP contribution in [0.15, 0.2) is 60.7 Å². The number of halogens is 1. The smallest absolute Gasteiger partial charge is 0.270 e. The second kappa shape index (κ2) is 7.74. The third-order valence-corrected chi connectivity index (χ3v) is 5.02. The molecule has 0 radical (unpaired) electrons. The number of nitrogens with one attached hydrogen (secondary N) is 1. The second-order valence-corrected chi connectivity index (χ2v) is 6.98. The molecule has 1 heterocycles. The van der Waals surface area contributed by atoms with E-state index < -0.39 is 0 Å². The third-order valence-electron chi connectivity index (χ3n) is 5.02. The first-order valence-corrected chi connectivity index (χ1v) is 9.43. The summed E-state index contributed by atoms with van der Waals surface area (Å²) >= 11 is 0. The van der Waals surface area contributed by atoms with Gasteiger partial charge in [-0.25, -0.2) is 9.07 Å². The van der Waals surface area contributed by atoms with Crippen LogP contribution in [0.2, 0.25) is 0 Å². The van der Waals surface area contributed by atoms with Gasteiger partial charge in [-0.1, -0.05) is 37.5 Å². The zero-order valence-corrected chi connectivity index (χ0v) is 15.1. The van der Waals surface area contributed by atoms with Crippen molar-refractivity contribution in [3.05, 3.63) is 72.2 Å². The lowest BCUT2D eigenvalue weighted by molar-refractivity contribution is 0.0920. The molecule has 0 saturated heterocycles. The highest BCUT2D eigenvalue weighted by molar-refractivity contribution is 5.94. The normalized spacial score (nSPS) is 14.9. The standard InChI is InChI=1S/C22H22FN3O/c23-17-13-11-16(12-14-17)20-15-21(22(27)24-18-7-3-1-4-8-18)26(25-20)19-9-5-2-6-10-19/h2,5-6,9-15,18H,1,3-4,7-8H2,(H,24,27). The molecule has 1 N–H and O–H groups in total. The van der Waals surface area contributed by atoms with Crippen LogP contribution in [-0.2, 0) is 0 Å². The van der Waals surface area contributed by atoms with Crippen LogP contribution in [0, 0.1) is 5.82 Å². The van der Waals surface area contributed by atoms with Crippen LogP contribution in [0.4, 0.5) is 4.39 Å². The van der Waals surface area contributed by atoms with Crippen molar-refractivity contribution in [2.24, 2.45) is 0 Å². The molecule has 0 bridgehead atoms. The molecule has 0 aliphatic heterocycles. The van der Waals surface area contributed by atoms with Crippen LogP contribution in [0.1, 0.15) is 42.6 Å². The van der Waals surface area contributed by atoms with E-state index in [2.05, 4.69) is 10.4 Å². The summed E-state index contributed by atoms with van der Waals surface area (Å²) in [7, 11) is 0. The highest BCUT2D eigenvalue weighted by Gasteiger charge is 2.21. The van der Waals surface area contributed by atoms with Crippen LogP contribution in [-0.4, -0.2) is 21.7 Å². The predicted octanol–water partition coefficient (Wildman–Crippen LogP) is 4.74. The topological polar surface area (TPSA) is 46.9 Å². The van der Waals surface area contributed by atoms with Gasteiger partial charge in [0.2, 0.25) is 0 Å². The molecule has 5 heteroatoms. The first kappa shape index (κ1) is 17.5. The molecule has 138 valence electrons. The molecule has 4 rings (SSSR count). The lowest BCUT2D eigenvalue weighted by Crippen LogP contribution is -2.37. The molecule has 1 fully saturated rings. The first-order chi connectivity index (χ1) is 13.2. The van der Waals surface area contributed by atoms with E-state index in [9.17, 15) is 9.18 Å². The van der Waals surface area contributed by atoms with E-state index in [1.54, 1.807) is 22.9 Å². The molecule has 1 aliphatic carbocycles. The molecule has 0 spiro atoms. The minimum absolute atomic E-state index is 0.119. The summed E-state index contributed by atoms with van der Waals surface area (Å²) in [5, 5.41) is 7.79. The maximum atomic E-state index is 13.3. The highest BCUT2D eigenvalue weighted by atomic mass is 19.1. The number of amides is 1. The Morgan fingerprint density at radius 1 is 1.00 bits per heavy atom. The summed E-state index contributed by atoms with van der Waals surface area (Å²) in [4.78, 5) is 13.0. The number of rotatable bonds is 4. The molecule has 1 aromatic heterocycles. The zero-order chi connectivity index (χ0) is 18.6. The summed E-state index contributed by atoms with van der Waals surface area (Å²) in [6, 6.07) is 17.7. The molecule has 1 aliphatic rings. The summed E-state index contributed by atoms with van der Waals surface area (Å²) in [5.41, 5.74) is 2.73. The Labute approximate surface area is 158 Å². The van der Waals surface area contributed by atoms with Crippen LogP contribution < -0.4 is 5.32 Å². The minimum Gasteiger partial charge on any atom is -0.348 e. The fraction of sp³-hybridized carbons (Fsp3) is 0.273. The Bertz CT molecular complexity index is 912. The van der Waals surface area contributed by atoms with Gasteiger partial charge in [-0.05, 0) is 55.3 Å². The lowest BCUT2D eigenvalue weighted by Gasteiger charge is -2.22. The van der Waals surface area contributed by atoms with Gasteiger partial charge in [-0.2, -0.15) is 5.10 Å². The number of hydrogen-bond donors (Lipinski definition) is 1. The van der Waals surface area contributed by atoms with Gasteiger partial charge in [0.05, 0.1) is 11.4 Å². The Kier molecular flexibility index (Phi) is 5.01. The van der Waals surface area contributed by atoms with E-state index in [1.807, 2.05) is 30.3 Å². The van der Waals surface area contributed by atoms with Crippen molar-refractivity contribution in [3.8, 4) is 16.9 Å². The molecule has 4 nitrogen and oxygen atoms in total. The molecule has 0 unspecified atom stereocenters. The number of para-hydroxylation sites is 1. The van der Waals surface area contributed by atoms with E-state index >= 15 is 0 Å². The number of hydrogen-bond acceptors (Lipinski definition) is 2. The summed E-state index contributed by atoms with van der Waals surface area (Å²) in [6.45, 7) is 0. The van der Waals surface area contributed by atoms with Gasteiger partial charge in [0.15, 0.2) is 0 Å². The van der Waals surface area contributed by atoms with Gasteiger partial charge in [-0.15, -0.1) is 0 Å². The molecule has 3 aromatic rings. The van der Waals surface area contributed by atoms with Crippen LogP contribution >= 0.6 is 0 Å². The highest BCUT2D eigenvalue weighted by Crippen LogP contribution is 2.23. The maximum absolute atomic E-state index is 13.3. The van der Waals surface area contributed by atoms with E-state index in [-0.39, 0.29) is 17.8 Å². The molecular weight excluding hydrogens is 341 g/mol. The Morgan fingerprint density at radius 2 is 1.70 bits per heavy atom. The average molecular weight is 363 g/mol. The van der Waals surface area contributed by atoms with E-state index in [0.29, 0.717) is 11.4 Å². The van der Waals surface area contributed by atoms with Crippen molar-refractivity contribution in [1.82, 2.24) is 15.1 Å². The monoisotopic (exact) mass is 363 g/mol. The van der Waals surface area contributed by atoms with Gasteiger partial charge >= 0.3 is 0 Å². The first-order valence-electron chi connectivity index (χ1n) is 9.43. The quantitative estimate of drug-likeness (QED) is 0.728.